The molecule has 0 radical (unpaired) electrons. The molecule has 1 amide bonds. The summed E-state index contributed by atoms with van der Waals surface area (Å²) in [7, 11) is 0. The van der Waals surface area contributed by atoms with E-state index in [-0.39, 0.29) is 17.6 Å². The fraction of sp³-hybridized carbons (Fsp3) is 0.474. The van der Waals surface area contributed by atoms with Gasteiger partial charge >= 0.3 is 12.1 Å². The van der Waals surface area contributed by atoms with Crippen molar-refractivity contribution in [3.63, 3.8) is 0 Å². The average molecular weight is 443 g/mol. The van der Waals surface area contributed by atoms with Crippen LogP contribution in [0.15, 0.2) is 41.5 Å². The van der Waals surface area contributed by atoms with Crippen LogP contribution < -0.4 is 4.74 Å². The lowest BCUT2D eigenvalue weighted by atomic mass is 9.89. The van der Waals surface area contributed by atoms with Crippen LogP contribution in [0.5, 0.6) is 5.88 Å². The maximum Gasteiger partial charge on any atom is 0.490 e. The summed E-state index contributed by atoms with van der Waals surface area (Å²) in [4.78, 5) is 31.3. The Labute approximate surface area is 174 Å². The van der Waals surface area contributed by atoms with Gasteiger partial charge < -0.3 is 23.9 Å². The predicted octanol–water partition coefficient (Wildman–Crippen LogP) is 2.55. The van der Waals surface area contributed by atoms with Gasteiger partial charge in [-0.05, 0) is 18.9 Å². The summed E-state index contributed by atoms with van der Waals surface area (Å²) in [6.07, 6.45) is 1.83. The molecular formula is C19H20F3N3O6. The summed E-state index contributed by atoms with van der Waals surface area (Å²) in [6, 6.07) is 5.59. The van der Waals surface area contributed by atoms with Crippen LogP contribution in [0.3, 0.4) is 0 Å². The number of piperidine rings is 1. The van der Waals surface area contributed by atoms with Crippen molar-refractivity contribution in [1.82, 2.24) is 14.9 Å². The highest BCUT2D eigenvalue weighted by atomic mass is 19.4. The zero-order valence-corrected chi connectivity index (χ0v) is 16.2. The Morgan fingerprint density at radius 1 is 1.29 bits per heavy atom. The second-order valence-electron chi connectivity index (χ2n) is 7.11. The second kappa shape index (κ2) is 9.33. The number of hydrogen-bond acceptors (Lipinski definition) is 7. The number of aliphatic carboxylic acids is 1. The van der Waals surface area contributed by atoms with Gasteiger partial charge in [0, 0.05) is 25.2 Å². The zero-order chi connectivity index (χ0) is 22.5. The Morgan fingerprint density at radius 2 is 2.06 bits per heavy atom. The van der Waals surface area contributed by atoms with Crippen molar-refractivity contribution >= 4 is 11.9 Å². The van der Waals surface area contributed by atoms with Gasteiger partial charge in [0.15, 0.2) is 12.1 Å². The zero-order valence-electron chi connectivity index (χ0n) is 16.2. The van der Waals surface area contributed by atoms with Gasteiger partial charge in [-0.1, -0.05) is 6.07 Å². The number of nitrogens with zero attached hydrogens (tertiary/aromatic N) is 3. The summed E-state index contributed by atoms with van der Waals surface area (Å²) in [5.74, 6) is -2.26. The largest absolute Gasteiger partial charge is 0.490 e. The molecule has 9 nitrogen and oxygen atoms in total. The first-order valence-electron chi connectivity index (χ1n) is 9.38. The summed E-state index contributed by atoms with van der Waals surface area (Å²) in [5, 5.41) is 7.12. The molecule has 2 saturated heterocycles. The van der Waals surface area contributed by atoms with E-state index in [9.17, 15) is 18.0 Å². The standard InChI is InChI=1S/C17H19N3O4.C2HF3O2/c21-16(14-10-22-12-19-14)20-7-3-5-17(11-20)8-13(9-23-17)24-15-4-1-2-6-18-15;3-2(4,5)1(6)7/h1-2,4,6,10,12-13H,3,5,7-9,11H2;(H,6,7)/t13-,17-;/m0./s1. The van der Waals surface area contributed by atoms with Gasteiger partial charge in [0.05, 0.1) is 18.8 Å². The number of oxazole rings is 1. The van der Waals surface area contributed by atoms with Gasteiger partial charge in [-0.15, -0.1) is 0 Å². The maximum atomic E-state index is 12.5. The number of amides is 1. The fourth-order valence-electron chi connectivity index (χ4n) is 3.50. The van der Waals surface area contributed by atoms with Crippen molar-refractivity contribution in [1.29, 1.82) is 0 Å². The highest BCUT2D eigenvalue weighted by Crippen LogP contribution is 2.36. The SMILES string of the molecule is O=C(O)C(F)(F)F.O=C(c1cocn1)N1CCC[C@]2(C[C@H](Oc3ccccn3)CO2)C1. The molecule has 4 rings (SSSR count). The molecule has 0 saturated carbocycles. The lowest BCUT2D eigenvalue weighted by molar-refractivity contribution is -0.192. The third-order valence-corrected chi connectivity index (χ3v) is 4.82. The van der Waals surface area contributed by atoms with E-state index in [4.69, 9.17) is 23.8 Å². The van der Waals surface area contributed by atoms with Gasteiger partial charge in [-0.3, -0.25) is 4.79 Å². The van der Waals surface area contributed by atoms with E-state index in [1.165, 1.54) is 12.7 Å². The normalized spacial score (nSPS) is 23.2. The monoisotopic (exact) mass is 443 g/mol. The van der Waals surface area contributed by atoms with Crippen LogP contribution in [0.2, 0.25) is 0 Å². The first-order chi connectivity index (χ1) is 14.7. The summed E-state index contributed by atoms with van der Waals surface area (Å²) in [6.45, 7) is 1.78. The maximum absolute atomic E-state index is 12.5. The summed E-state index contributed by atoms with van der Waals surface area (Å²) < 4.78 is 48.6. The van der Waals surface area contributed by atoms with E-state index in [2.05, 4.69) is 9.97 Å². The fourth-order valence-corrected chi connectivity index (χ4v) is 3.50. The smallest absolute Gasteiger partial charge is 0.475 e. The molecule has 0 bridgehead atoms. The number of halogens is 3. The molecule has 0 aromatic carbocycles. The lowest BCUT2D eigenvalue weighted by Crippen LogP contribution is -2.50. The molecule has 2 atom stereocenters. The molecule has 1 N–H and O–H groups in total. The van der Waals surface area contributed by atoms with Crippen LogP contribution in [0.4, 0.5) is 13.2 Å². The van der Waals surface area contributed by atoms with E-state index >= 15 is 0 Å². The van der Waals surface area contributed by atoms with E-state index in [1.807, 2.05) is 18.2 Å². The third-order valence-electron chi connectivity index (χ3n) is 4.82. The number of carboxylic acids is 1. The van der Waals surface area contributed by atoms with Crippen molar-refractivity contribution in [2.75, 3.05) is 19.7 Å². The van der Waals surface area contributed by atoms with Gasteiger partial charge in [0.1, 0.15) is 12.4 Å². The minimum Gasteiger partial charge on any atom is -0.475 e. The number of rotatable bonds is 3. The van der Waals surface area contributed by atoms with Gasteiger partial charge in [0.25, 0.3) is 5.91 Å². The first kappa shape index (κ1) is 22.5. The van der Waals surface area contributed by atoms with Crippen molar-refractivity contribution in [2.45, 2.75) is 37.1 Å². The van der Waals surface area contributed by atoms with Gasteiger partial charge in [0.2, 0.25) is 5.88 Å². The Balaban J connectivity index is 0.000000339. The molecule has 12 heteroatoms. The van der Waals surface area contributed by atoms with Crippen LogP contribution in [0, 0.1) is 0 Å². The Hall–Kier alpha value is -3.15. The second-order valence-corrected chi connectivity index (χ2v) is 7.11. The van der Waals surface area contributed by atoms with Crippen molar-refractivity contribution < 1.29 is 41.8 Å². The minimum absolute atomic E-state index is 0.0398. The van der Waals surface area contributed by atoms with E-state index < -0.39 is 12.1 Å². The molecular weight excluding hydrogens is 423 g/mol. The molecule has 2 aliphatic heterocycles. The molecule has 1 spiro atoms. The Morgan fingerprint density at radius 3 is 2.68 bits per heavy atom. The molecule has 2 aliphatic rings. The van der Waals surface area contributed by atoms with Crippen LogP contribution in [-0.4, -0.2) is 69.4 Å². The van der Waals surface area contributed by atoms with Crippen molar-refractivity contribution in [2.24, 2.45) is 0 Å². The van der Waals surface area contributed by atoms with Crippen LogP contribution in [0.25, 0.3) is 0 Å². The van der Waals surface area contributed by atoms with E-state index in [0.29, 0.717) is 31.3 Å². The highest BCUT2D eigenvalue weighted by molar-refractivity contribution is 5.92. The highest BCUT2D eigenvalue weighted by Gasteiger charge is 2.45. The first-order valence-corrected chi connectivity index (χ1v) is 9.38. The van der Waals surface area contributed by atoms with Crippen LogP contribution >= 0.6 is 0 Å². The van der Waals surface area contributed by atoms with E-state index in [1.54, 1.807) is 11.1 Å². The quantitative estimate of drug-likeness (QED) is 0.770. The summed E-state index contributed by atoms with van der Waals surface area (Å²) >= 11 is 0. The molecule has 2 aromatic heterocycles. The van der Waals surface area contributed by atoms with Crippen molar-refractivity contribution in [3.8, 4) is 5.88 Å². The molecule has 2 fully saturated rings. The summed E-state index contributed by atoms with van der Waals surface area (Å²) in [5.41, 5.74) is 0.00298. The van der Waals surface area contributed by atoms with Crippen LogP contribution in [0.1, 0.15) is 29.8 Å². The van der Waals surface area contributed by atoms with Gasteiger partial charge in [-0.2, -0.15) is 13.2 Å². The molecule has 4 heterocycles. The molecule has 168 valence electrons. The molecule has 31 heavy (non-hydrogen) atoms. The van der Waals surface area contributed by atoms with Gasteiger partial charge in [-0.25, -0.2) is 14.8 Å². The lowest BCUT2D eigenvalue weighted by Gasteiger charge is -2.39. The number of alkyl halides is 3. The third kappa shape index (κ3) is 5.94. The number of ether oxygens (including phenoxy) is 2. The average Bonchev–Trinajstić information content (AvgIpc) is 3.39. The minimum atomic E-state index is -5.08. The number of carbonyl (C=O) groups excluding carboxylic acids is 1. The number of aromatic nitrogens is 2. The predicted molar refractivity (Wildman–Crippen MR) is 97.3 cm³/mol. The Bertz CT molecular complexity index is 878. The number of pyridine rings is 1. The Kier molecular flexibility index (Phi) is 6.78. The topological polar surface area (TPSA) is 115 Å². The molecule has 0 unspecified atom stereocenters. The number of carbonyl (C=O) groups is 2. The van der Waals surface area contributed by atoms with Crippen LogP contribution in [-0.2, 0) is 9.53 Å². The number of carboxylic acid groups (broad SMARTS) is 1. The van der Waals surface area contributed by atoms with Crippen molar-refractivity contribution in [3.05, 3.63) is 42.7 Å². The molecule has 2 aromatic rings. The molecule has 0 aliphatic carbocycles. The van der Waals surface area contributed by atoms with E-state index in [0.717, 1.165) is 19.3 Å². The number of hydrogen-bond donors (Lipinski definition) is 1. The number of likely N-dealkylation sites (tertiary alicyclic amines) is 1.